The molecule has 1 aliphatic carbocycles. The number of halogens is 8. The van der Waals surface area contributed by atoms with Crippen LogP contribution in [0.5, 0.6) is 0 Å². The maximum absolute atomic E-state index is 13.7. The number of quaternary nitrogens is 1. The van der Waals surface area contributed by atoms with Crippen LogP contribution in [0.25, 0.3) is 0 Å². The Morgan fingerprint density at radius 2 is 1.69 bits per heavy atom. The molecule has 1 saturated carbocycles. The highest BCUT2D eigenvalue weighted by Gasteiger charge is 2.80. The Labute approximate surface area is 275 Å². The van der Waals surface area contributed by atoms with E-state index in [4.69, 9.17) is 69.6 Å². The van der Waals surface area contributed by atoms with Crippen LogP contribution in [-0.4, -0.2) is 67.6 Å². The summed E-state index contributed by atoms with van der Waals surface area (Å²) < 4.78 is -0.624. The van der Waals surface area contributed by atoms with Crippen molar-refractivity contribution in [3.63, 3.8) is 0 Å². The van der Waals surface area contributed by atoms with Gasteiger partial charge in [0.05, 0.1) is 41.4 Å². The van der Waals surface area contributed by atoms with E-state index in [1.54, 1.807) is 0 Å². The number of nitrogens with one attached hydrogen (secondary N) is 3. The molecule has 4 aliphatic rings. The number of para-hydroxylation sites is 1. The number of carbonyl (C=O) groups excluding carboxylic acids is 1. The second-order valence-corrected chi connectivity index (χ2v) is 16.0. The van der Waals surface area contributed by atoms with Gasteiger partial charge in [0.25, 0.3) is 0 Å². The Morgan fingerprint density at radius 3 is 2.23 bits per heavy atom. The quantitative estimate of drug-likeness (QED) is 0.284. The van der Waals surface area contributed by atoms with Gasteiger partial charge in [0, 0.05) is 29.2 Å². The van der Waals surface area contributed by atoms with Crippen molar-refractivity contribution >= 4 is 97.1 Å². The molecule has 39 heavy (non-hydrogen) atoms. The summed E-state index contributed by atoms with van der Waals surface area (Å²) in [6.45, 7) is 7.08. The summed E-state index contributed by atoms with van der Waals surface area (Å²) in [6.07, 6.45) is 2.31. The smallest absolute Gasteiger partial charge is 0.235 e. The van der Waals surface area contributed by atoms with Crippen LogP contribution >= 0.6 is 85.5 Å². The number of hydrogen-bond donors (Lipinski definition) is 5. The van der Waals surface area contributed by atoms with Gasteiger partial charge >= 0.3 is 0 Å². The van der Waals surface area contributed by atoms with Crippen molar-refractivity contribution in [3.05, 3.63) is 28.2 Å². The lowest BCUT2D eigenvalue weighted by molar-refractivity contribution is -0.966. The van der Waals surface area contributed by atoms with Crippen LogP contribution in [0, 0.1) is 5.41 Å². The third kappa shape index (κ3) is 6.19. The van der Waals surface area contributed by atoms with Crippen LogP contribution in [0.2, 0.25) is 0 Å². The van der Waals surface area contributed by atoms with E-state index < -0.39 is 30.6 Å². The maximum atomic E-state index is 13.7. The molecule has 5 rings (SSSR count). The molecule has 0 bridgehead atoms. The monoisotopic (exact) mass is 749 g/mol. The number of amides is 1. The number of aliphatic hydroxyl groups is 2. The lowest BCUT2D eigenvalue weighted by Crippen LogP contribution is -3.24. The molecule has 3 fully saturated rings. The third-order valence-corrected chi connectivity index (χ3v) is 10.1. The number of likely N-dealkylation sites (N-methyl/N-ethyl adjacent to an activating group) is 1. The number of anilines is 1. The molecular formula is C25H35BrCl7N3O3. The van der Waals surface area contributed by atoms with E-state index in [9.17, 15) is 15.0 Å². The van der Waals surface area contributed by atoms with Gasteiger partial charge in [-0.3, -0.25) is 4.79 Å². The molecule has 1 spiro atoms. The first kappa shape index (κ1) is 36.2. The largest absolute Gasteiger partial charge is 1.00 e. The minimum Gasteiger partial charge on any atom is -1.00 e. The van der Waals surface area contributed by atoms with E-state index in [-0.39, 0.29) is 30.5 Å². The van der Waals surface area contributed by atoms with E-state index in [1.165, 1.54) is 4.90 Å². The molecule has 2 saturated heterocycles. The molecule has 0 radical (unpaired) electrons. The Kier molecular flexibility index (Phi) is 12.4. The molecule has 0 aromatic heterocycles. The molecule has 3 heterocycles. The number of piperidine rings is 2. The Hall–Kier alpha value is 1.04. The Bertz CT molecular complexity index is 1030. The van der Waals surface area contributed by atoms with Crippen molar-refractivity contribution < 1.29 is 32.3 Å². The highest BCUT2D eigenvalue weighted by atomic mass is 79.9. The van der Waals surface area contributed by atoms with Gasteiger partial charge in [-0.2, -0.15) is 0 Å². The first-order valence-corrected chi connectivity index (χ1v) is 15.8. The fraction of sp³-hybridized carbons (Fsp3) is 0.720. The van der Waals surface area contributed by atoms with Crippen LogP contribution in [0.15, 0.2) is 22.7 Å². The van der Waals surface area contributed by atoms with Crippen molar-refractivity contribution in [2.24, 2.45) is 5.41 Å². The third-order valence-electron chi connectivity index (χ3n) is 9.42. The first-order valence-electron chi connectivity index (χ1n) is 12.4. The van der Waals surface area contributed by atoms with Gasteiger partial charge < -0.3 is 38.2 Å². The average Bonchev–Trinajstić information content (AvgIpc) is 3.15. The lowest BCUT2D eigenvalue weighted by atomic mass is 9.57. The van der Waals surface area contributed by atoms with Crippen LogP contribution < -0.4 is 27.9 Å². The van der Waals surface area contributed by atoms with Crippen molar-refractivity contribution in [1.82, 2.24) is 5.32 Å². The maximum Gasteiger partial charge on any atom is 0.235 e. The Morgan fingerprint density at radius 1 is 1.13 bits per heavy atom. The van der Waals surface area contributed by atoms with Crippen LogP contribution in [-0.2, 0) is 10.2 Å². The molecule has 1 aromatic rings. The summed E-state index contributed by atoms with van der Waals surface area (Å²) >= 11 is 32.4. The molecule has 1 aromatic carbocycles. The molecule has 5 N–H and O–H groups in total. The van der Waals surface area contributed by atoms with Crippen molar-refractivity contribution in [3.8, 4) is 0 Å². The number of aliphatic hydroxyl groups excluding tert-OH is 1. The van der Waals surface area contributed by atoms with Crippen LogP contribution in [0.1, 0.15) is 52.0 Å². The number of rotatable bonds is 1. The number of alkyl halides is 6. The van der Waals surface area contributed by atoms with Gasteiger partial charge in [0.15, 0.2) is 8.59 Å². The fourth-order valence-corrected chi connectivity index (χ4v) is 8.20. The summed E-state index contributed by atoms with van der Waals surface area (Å²) in [6, 6.07) is 6.48. The Balaban J connectivity index is 0.000000527. The summed E-state index contributed by atoms with van der Waals surface area (Å²) in [5.74, 6) is -0.0205. The first-order chi connectivity index (χ1) is 17.5. The molecule has 6 nitrogen and oxygen atoms in total. The van der Waals surface area contributed by atoms with Gasteiger partial charge in [-0.1, -0.05) is 95.6 Å². The van der Waals surface area contributed by atoms with E-state index in [0.717, 1.165) is 28.7 Å². The minimum absolute atomic E-state index is 0. The van der Waals surface area contributed by atoms with Gasteiger partial charge in [0.2, 0.25) is 5.91 Å². The second kappa shape index (κ2) is 13.4. The zero-order valence-electron chi connectivity index (χ0n) is 22.0. The van der Waals surface area contributed by atoms with Crippen LogP contribution in [0.3, 0.4) is 0 Å². The van der Waals surface area contributed by atoms with E-state index in [1.807, 2.05) is 25.2 Å². The number of hydrogen-bond acceptors (Lipinski definition) is 4. The lowest BCUT2D eigenvalue weighted by Gasteiger charge is -2.57. The molecular weight excluding hydrogens is 718 g/mol. The SMILES string of the molecule is CN[C@@]12C[NH+]3[C@@H](C[C@@H](O)C[C@H]3C)C[C@@]1(O)C(C)(C)[C@]1(C2)C(=O)Nc2c(Br)cccc21.ClC(Cl)Cl.ClC(Cl)Cl.[Cl-]. The standard InChI is InChI=1S/C23H32BrN3O3.2CHCl3.ClH/c1-13-8-15(28)9-14-10-23(30)20(2,3)22(11-21(23,25-4)12-27(13)14)16-6-5-7-17(24)18(16)26-19(22)29;2*2-1(3)4;/h5-7,13-15,25,28,30H,8-12H2,1-4H3,(H,26,29);2*1H;1H/t13-,14+,15+,21+,22+,23-;;;/m1.../s1. The number of fused-ring (bicyclic) bond motifs is 4. The van der Waals surface area contributed by atoms with Crippen molar-refractivity contribution in [2.75, 3.05) is 18.9 Å². The van der Waals surface area contributed by atoms with E-state index >= 15 is 0 Å². The fourth-order valence-electron chi connectivity index (χ4n) is 7.74. The predicted octanol–water partition coefficient (Wildman–Crippen LogP) is 1.94. The van der Waals surface area contributed by atoms with Gasteiger partial charge in [-0.25, -0.2) is 0 Å². The molecule has 14 heteroatoms. The average molecular weight is 754 g/mol. The molecule has 1 unspecified atom stereocenters. The highest BCUT2D eigenvalue weighted by Crippen LogP contribution is 2.68. The number of carbonyl (C=O) groups is 1. The summed E-state index contributed by atoms with van der Waals surface area (Å²) in [5, 5.41) is 29.6. The minimum atomic E-state index is -1.08. The summed E-state index contributed by atoms with van der Waals surface area (Å²) in [4.78, 5) is 15.1. The summed E-state index contributed by atoms with van der Waals surface area (Å²) in [5.41, 5.74) is -1.37. The zero-order valence-corrected chi connectivity index (χ0v) is 28.9. The summed E-state index contributed by atoms with van der Waals surface area (Å²) in [7, 11) is 1.93. The highest BCUT2D eigenvalue weighted by molar-refractivity contribution is 9.10. The second-order valence-electron chi connectivity index (χ2n) is 11.2. The van der Waals surface area contributed by atoms with Gasteiger partial charge in [-0.05, 0) is 48.0 Å². The molecule has 3 aliphatic heterocycles. The van der Waals surface area contributed by atoms with E-state index in [2.05, 4.69) is 47.3 Å². The zero-order chi connectivity index (χ0) is 28.8. The topological polar surface area (TPSA) is 86.0 Å². The molecule has 7 atom stereocenters. The number of benzene rings is 1. The molecule has 224 valence electrons. The van der Waals surface area contributed by atoms with Crippen LogP contribution in [0.4, 0.5) is 5.69 Å². The van der Waals surface area contributed by atoms with E-state index in [0.29, 0.717) is 25.3 Å². The normalized spacial score (nSPS) is 37.5. The van der Waals surface area contributed by atoms with Gasteiger partial charge in [0.1, 0.15) is 5.60 Å². The molecule has 1 amide bonds. The van der Waals surface area contributed by atoms with Crippen molar-refractivity contribution in [1.29, 1.82) is 0 Å². The van der Waals surface area contributed by atoms with Gasteiger partial charge in [-0.15, -0.1) is 0 Å². The predicted molar refractivity (Wildman–Crippen MR) is 161 cm³/mol. The van der Waals surface area contributed by atoms with Crippen molar-refractivity contribution in [2.45, 2.75) is 89.8 Å².